The van der Waals surface area contributed by atoms with Gasteiger partial charge in [-0.25, -0.2) is 4.99 Å². The largest absolute Gasteiger partial charge is 0.491 e. The molecule has 1 fully saturated rings. The van der Waals surface area contributed by atoms with Crippen LogP contribution < -0.4 is 15.8 Å². The second-order valence-corrected chi connectivity index (χ2v) is 7.21. The van der Waals surface area contributed by atoms with Gasteiger partial charge in [-0.05, 0) is 55.7 Å². The Morgan fingerprint density at radius 3 is 2.48 bits per heavy atom. The standard InChI is InChI=1S/C22H28N4O2.HI/c1-16(2)28-20-11-9-19(10-12-20)25-22(23)24-14-17-6-3-4-7-18(17)15-26-13-5-8-21(26)27;/h3-4,6-7,9-12,16H,5,8,13-15H2,1-2H3,(H3,23,24,25);1H. The minimum Gasteiger partial charge on any atom is -0.491 e. The van der Waals surface area contributed by atoms with Crippen molar-refractivity contribution in [1.29, 1.82) is 0 Å². The molecule has 0 spiro atoms. The maximum absolute atomic E-state index is 11.9. The number of likely N-dealkylation sites (tertiary alicyclic amines) is 1. The number of benzene rings is 2. The highest BCUT2D eigenvalue weighted by Crippen LogP contribution is 2.19. The summed E-state index contributed by atoms with van der Waals surface area (Å²) >= 11 is 0. The molecule has 0 aliphatic carbocycles. The second kappa shape index (κ2) is 11.0. The zero-order chi connectivity index (χ0) is 19.9. The Morgan fingerprint density at radius 1 is 1.17 bits per heavy atom. The number of amides is 1. The lowest BCUT2D eigenvalue weighted by Gasteiger charge is -2.17. The minimum atomic E-state index is 0. The van der Waals surface area contributed by atoms with Crippen molar-refractivity contribution in [2.24, 2.45) is 10.7 Å². The third kappa shape index (κ3) is 6.92. The van der Waals surface area contributed by atoms with Gasteiger partial charge in [-0.1, -0.05) is 24.3 Å². The highest BCUT2D eigenvalue weighted by Gasteiger charge is 2.20. The molecular weight excluding hydrogens is 479 g/mol. The van der Waals surface area contributed by atoms with Crippen LogP contribution in [-0.4, -0.2) is 29.4 Å². The third-order valence-electron chi connectivity index (χ3n) is 4.57. The number of halogens is 1. The summed E-state index contributed by atoms with van der Waals surface area (Å²) in [6, 6.07) is 15.7. The number of carbonyl (C=O) groups excluding carboxylic acids is 1. The van der Waals surface area contributed by atoms with Crippen molar-refractivity contribution in [3.05, 3.63) is 59.7 Å². The molecule has 0 unspecified atom stereocenters. The molecular formula is C22H29IN4O2. The summed E-state index contributed by atoms with van der Waals surface area (Å²) in [6.45, 7) is 5.92. The molecule has 1 amide bonds. The molecule has 7 heteroatoms. The lowest BCUT2D eigenvalue weighted by molar-refractivity contribution is -0.128. The number of anilines is 1. The number of guanidine groups is 1. The number of nitrogens with one attached hydrogen (secondary N) is 1. The Labute approximate surface area is 189 Å². The first-order valence-electron chi connectivity index (χ1n) is 9.69. The van der Waals surface area contributed by atoms with Crippen molar-refractivity contribution in [2.75, 3.05) is 11.9 Å². The molecule has 29 heavy (non-hydrogen) atoms. The summed E-state index contributed by atoms with van der Waals surface area (Å²) in [5.74, 6) is 1.40. The fraction of sp³-hybridized carbons (Fsp3) is 0.364. The zero-order valence-electron chi connectivity index (χ0n) is 16.9. The highest BCUT2D eigenvalue weighted by molar-refractivity contribution is 14.0. The van der Waals surface area contributed by atoms with Crippen LogP contribution in [0, 0.1) is 0 Å². The Hall–Kier alpha value is -2.29. The number of ether oxygens (including phenoxy) is 1. The van der Waals surface area contributed by atoms with E-state index >= 15 is 0 Å². The first-order chi connectivity index (χ1) is 13.5. The number of nitrogens with zero attached hydrogens (tertiary/aromatic N) is 2. The van der Waals surface area contributed by atoms with Crippen LogP contribution >= 0.6 is 24.0 Å². The number of carbonyl (C=O) groups is 1. The van der Waals surface area contributed by atoms with Crippen LogP contribution in [0.1, 0.15) is 37.8 Å². The van der Waals surface area contributed by atoms with Crippen molar-refractivity contribution in [2.45, 2.75) is 45.9 Å². The van der Waals surface area contributed by atoms with Gasteiger partial charge < -0.3 is 20.7 Å². The van der Waals surface area contributed by atoms with E-state index < -0.39 is 0 Å². The van der Waals surface area contributed by atoms with Gasteiger partial charge in [0.15, 0.2) is 5.96 Å². The van der Waals surface area contributed by atoms with Gasteiger partial charge in [-0.3, -0.25) is 4.79 Å². The van der Waals surface area contributed by atoms with Crippen LogP contribution in [0.15, 0.2) is 53.5 Å². The molecule has 156 valence electrons. The van der Waals surface area contributed by atoms with Crippen LogP contribution in [0.25, 0.3) is 0 Å². The highest BCUT2D eigenvalue weighted by atomic mass is 127. The molecule has 6 nitrogen and oxygen atoms in total. The Morgan fingerprint density at radius 2 is 1.86 bits per heavy atom. The molecule has 3 rings (SSSR count). The number of rotatable bonds is 7. The van der Waals surface area contributed by atoms with Gasteiger partial charge in [0.1, 0.15) is 5.75 Å². The molecule has 3 N–H and O–H groups in total. The van der Waals surface area contributed by atoms with Crippen LogP contribution in [-0.2, 0) is 17.9 Å². The average molecular weight is 508 g/mol. The van der Waals surface area contributed by atoms with Gasteiger partial charge in [0, 0.05) is 25.2 Å². The van der Waals surface area contributed by atoms with E-state index in [1.54, 1.807) is 0 Å². The maximum atomic E-state index is 11.9. The van der Waals surface area contributed by atoms with Crippen LogP contribution in [0.4, 0.5) is 5.69 Å². The Kier molecular flexibility index (Phi) is 8.75. The van der Waals surface area contributed by atoms with E-state index in [0.717, 1.165) is 35.5 Å². The first kappa shape index (κ1) is 23.0. The van der Waals surface area contributed by atoms with Crippen molar-refractivity contribution < 1.29 is 9.53 Å². The summed E-state index contributed by atoms with van der Waals surface area (Å²) < 4.78 is 5.64. The zero-order valence-corrected chi connectivity index (χ0v) is 19.3. The van der Waals surface area contributed by atoms with E-state index in [-0.39, 0.29) is 36.0 Å². The van der Waals surface area contributed by atoms with Crippen molar-refractivity contribution in [1.82, 2.24) is 4.90 Å². The van der Waals surface area contributed by atoms with Gasteiger partial charge in [0.05, 0.1) is 12.6 Å². The number of nitrogens with two attached hydrogens (primary N) is 1. The number of hydrogen-bond donors (Lipinski definition) is 2. The molecule has 0 atom stereocenters. The molecule has 1 saturated heterocycles. The lowest BCUT2D eigenvalue weighted by Crippen LogP contribution is -2.25. The van der Waals surface area contributed by atoms with E-state index in [0.29, 0.717) is 25.5 Å². The molecule has 2 aromatic rings. The summed E-state index contributed by atoms with van der Waals surface area (Å²) in [6.07, 6.45) is 1.73. The van der Waals surface area contributed by atoms with E-state index in [2.05, 4.69) is 10.3 Å². The maximum Gasteiger partial charge on any atom is 0.222 e. The van der Waals surface area contributed by atoms with Crippen molar-refractivity contribution >= 4 is 41.5 Å². The van der Waals surface area contributed by atoms with E-state index in [4.69, 9.17) is 10.5 Å². The molecule has 0 saturated carbocycles. The molecule has 0 radical (unpaired) electrons. The minimum absolute atomic E-state index is 0. The predicted octanol–water partition coefficient (Wildman–Crippen LogP) is 4.14. The number of aliphatic imine (C=N–C) groups is 1. The molecule has 1 heterocycles. The molecule has 0 aromatic heterocycles. The Bertz CT molecular complexity index is 837. The third-order valence-corrected chi connectivity index (χ3v) is 4.57. The fourth-order valence-electron chi connectivity index (χ4n) is 3.19. The monoisotopic (exact) mass is 508 g/mol. The van der Waals surface area contributed by atoms with E-state index in [9.17, 15) is 4.79 Å². The smallest absolute Gasteiger partial charge is 0.222 e. The molecule has 1 aliphatic heterocycles. The van der Waals surface area contributed by atoms with Crippen LogP contribution in [0.5, 0.6) is 5.75 Å². The van der Waals surface area contributed by atoms with Crippen LogP contribution in [0.2, 0.25) is 0 Å². The summed E-state index contributed by atoms with van der Waals surface area (Å²) in [5, 5.41) is 3.10. The lowest BCUT2D eigenvalue weighted by atomic mass is 10.1. The quantitative estimate of drug-likeness (QED) is 0.335. The normalized spacial score (nSPS) is 14.1. The molecule has 1 aliphatic rings. The summed E-state index contributed by atoms with van der Waals surface area (Å²) in [5.41, 5.74) is 9.10. The predicted molar refractivity (Wildman–Crippen MR) is 128 cm³/mol. The van der Waals surface area contributed by atoms with Crippen molar-refractivity contribution in [3.8, 4) is 5.75 Å². The van der Waals surface area contributed by atoms with Crippen molar-refractivity contribution in [3.63, 3.8) is 0 Å². The summed E-state index contributed by atoms with van der Waals surface area (Å²) in [4.78, 5) is 18.3. The number of hydrogen-bond acceptors (Lipinski definition) is 3. The average Bonchev–Trinajstić information content (AvgIpc) is 3.07. The Balaban J connectivity index is 0.00000300. The van der Waals surface area contributed by atoms with Crippen LogP contribution in [0.3, 0.4) is 0 Å². The first-order valence-corrected chi connectivity index (χ1v) is 9.69. The fourth-order valence-corrected chi connectivity index (χ4v) is 3.19. The molecule has 0 bridgehead atoms. The van der Waals surface area contributed by atoms with Gasteiger partial charge in [-0.15, -0.1) is 24.0 Å². The second-order valence-electron chi connectivity index (χ2n) is 7.21. The van der Waals surface area contributed by atoms with Gasteiger partial charge in [-0.2, -0.15) is 0 Å². The van der Waals surface area contributed by atoms with Gasteiger partial charge in [0.25, 0.3) is 0 Å². The van der Waals surface area contributed by atoms with E-state index in [1.807, 2.05) is 67.3 Å². The molecule has 2 aromatic carbocycles. The van der Waals surface area contributed by atoms with Gasteiger partial charge in [0.2, 0.25) is 5.91 Å². The SMILES string of the molecule is CC(C)Oc1ccc(NC(N)=NCc2ccccc2CN2CCCC2=O)cc1.I. The van der Waals surface area contributed by atoms with E-state index in [1.165, 1.54) is 0 Å². The van der Waals surface area contributed by atoms with Gasteiger partial charge >= 0.3 is 0 Å². The topological polar surface area (TPSA) is 80.0 Å². The summed E-state index contributed by atoms with van der Waals surface area (Å²) in [7, 11) is 0.